The predicted molar refractivity (Wildman–Crippen MR) is 43.1 cm³/mol. The van der Waals surface area contributed by atoms with E-state index in [1.54, 1.807) is 0 Å². The lowest BCUT2D eigenvalue weighted by molar-refractivity contribution is 0.995. The lowest BCUT2D eigenvalue weighted by Gasteiger charge is -1.91. The molecule has 0 saturated heterocycles. The van der Waals surface area contributed by atoms with Crippen LogP contribution in [0.4, 0.5) is 0 Å². The standard InChI is InChI=1S/C8H15N/c1-4-6-7-9-8(3)5-2/h4H,1,5-7H2,2-3H3. The number of hydrogen-bond donors (Lipinski definition) is 0. The van der Waals surface area contributed by atoms with Crippen molar-refractivity contribution in [3.63, 3.8) is 0 Å². The van der Waals surface area contributed by atoms with Crippen molar-refractivity contribution in [2.45, 2.75) is 26.7 Å². The maximum absolute atomic E-state index is 4.28. The summed E-state index contributed by atoms with van der Waals surface area (Å²) in [5, 5.41) is 0. The minimum absolute atomic E-state index is 0.906. The zero-order valence-corrected chi connectivity index (χ0v) is 6.35. The van der Waals surface area contributed by atoms with E-state index in [0.717, 1.165) is 19.4 Å². The van der Waals surface area contributed by atoms with Crippen molar-refractivity contribution in [3.8, 4) is 0 Å². The molecule has 0 heterocycles. The van der Waals surface area contributed by atoms with Crippen LogP contribution >= 0.6 is 0 Å². The smallest absolute Gasteiger partial charge is 0.0422 e. The van der Waals surface area contributed by atoms with Crippen molar-refractivity contribution in [2.75, 3.05) is 6.54 Å². The van der Waals surface area contributed by atoms with Gasteiger partial charge in [0.05, 0.1) is 0 Å². The molecular formula is C8H15N. The van der Waals surface area contributed by atoms with Crippen molar-refractivity contribution in [2.24, 2.45) is 4.99 Å². The van der Waals surface area contributed by atoms with E-state index in [1.807, 2.05) is 6.08 Å². The van der Waals surface area contributed by atoms with Crippen LogP contribution < -0.4 is 0 Å². The summed E-state index contributed by atoms with van der Waals surface area (Å²) in [5.41, 5.74) is 1.23. The van der Waals surface area contributed by atoms with E-state index in [4.69, 9.17) is 0 Å². The molecule has 52 valence electrons. The lowest BCUT2D eigenvalue weighted by Crippen LogP contribution is -1.89. The summed E-state index contributed by atoms with van der Waals surface area (Å²) in [5.74, 6) is 0. The van der Waals surface area contributed by atoms with Gasteiger partial charge < -0.3 is 0 Å². The van der Waals surface area contributed by atoms with E-state index in [-0.39, 0.29) is 0 Å². The molecule has 0 radical (unpaired) electrons. The molecule has 0 aromatic rings. The Kier molecular flexibility index (Phi) is 5.18. The van der Waals surface area contributed by atoms with Gasteiger partial charge in [0, 0.05) is 12.3 Å². The zero-order chi connectivity index (χ0) is 7.11. The van der Waals surface area contributed by atoms with Crippen molar-refractivity contribution < 1.29 is 0 Å². The van der Waals surface area contributed by atoms with Crippen molar-refractivity contribution in [1.29, 1.82) is 0 Å². The molecule has 0 aromatic carbocycles. The Labute approximate surface area is 57.5 Å². The Morgan fingerprint density at radius 3 is 2.78 bits per heavy atom. The number of nitrogens with zero attached hydrogens (tertiary/aromatic N) is 1. The maximum atomic E-state index is 4.28. The van der Waals surface area contributed by atoms with Crippen molar-refractivity contribution in [1.82, 2.24) is 0 Å². The Hall–Kier alpha value is -0.590. The Balaban J connectivity index is 3.31. The third-order valence-corrected chi connectivity index (χ3v) is 1.23. The largest absolute Gasteiger partial charge is 0.294 e. The average Bonchev–Trinajstić information content (AvgIpc) is 1.89. The Morgan fingerprint density at radius 2 is 2.33 bits per heavy atom. The van der Waals surface area contributed by atoms with Crippen LogP contribution in [0.5, 0.6) is 0 Å². The molecule has 1 nitrogen and oxygen atoms in total. The fourth-order valence-electron chi connectivity index (χ4n) is 0.459. The normalized spacial score (nSPS) is 11.6. The molecule has 1 heteroatoms. The quantitative estimate of drug-likeness (QED) is 0.311. The molecule has 0 atom stereocenters. The van der Waals surface area contributed by atoms with Crippen molar-refractivity contribution >= 4 is 5.71 Å². The first-order chi connectivity index (χ1) is 4.31. The lowest BCUT2D eigenvalue weighted by atomic mass is 10.3. The van der Waals surface area contributed by atoms with Gasteiger partial charge in [-0.1, -0.05) is 13.0 Å². The van der Waals surface area contributed by atoms with Crippen LogP contribution in [0.2, 0.25) is 0 Å². The molecule has 0 bridgehead atoms. The minimum atomic E-state index is 0.906. The molecule has 9 heavy (non-hydrogen) atoms. The fourth-order valence-corrected chi connectivity index (χ4v) is 0.459. The summed E-state index contributed by atoms with van der Waals surface area (Å²) >= 11 is 0. The molecule has 0 N–H and O–H groups in total. The van der Waals surface area contributed by atoms with Crippen LogP contribution in [-0.4, -0.2) is 12.3 Å². The van der Waals surface area contributed by atoms with E-state index < -0.39 is 0 Å². The van der Waals surface area contributed by atoms with Crippen LogP contribution in [0.3, 0.4) is 0 Å². The number of rotatable bonds is 4. The summed E-state index contributed by atoms with van der Waals surface area (Å²) < 4.78 is 0. The molecule has 0 amide bonds. The highest BCUT2D eigenvalue weighted by molar-refractivity contribution is 5.81. The van der Waals surface area contributed by atoms with Gasteiger partial charge in [-0.2, -0.15) is 0 Å². The molecular weight excluding hydrogens is 110 g/mol. The first-order valence-electron chi connectivity index (χ1n) is 3.42. The molecule has 0 aliphatic heterocycles. The van der Waals surface area contributed by atoms with Crippen LogP contribution in [-0.2, 0) is 0 Å². The third-order valence-electron chi connectivity index (χ3n) is 1.23. The van der Waals surface area contributed by atoms with Crippen LogP contribution in [0.15, 0.2) is 17.6 Å². The first kappa shape index (κ1) is 8.41. The van der Waals surface area contributed by atoms with E-state index in [0.29, 0.717) is 0 Å². The van der Waals surface area contributed by atoms with Crippen LogP contribution in [0.25, 0.3) is 0 Å². The fraction of sp³-hybridized carbons (Fsp3) is 0.625. The van der Waals surface area contributed by atoms with Gasteiger partial charge in [-0.05, 0) is 19.8 Å². The predicted octanol–water partition coefficient (Wildman–Crippen LogP) is 2.43. The third kappa shape index (κ3) is 5.28. The summed E-state index contributed by atoms with van der Waals surface area (Å²) in [7, 11) is 0. The van der Waals surface area contributed by atoms with Crippen LogP contribution in [0, 0.1) is 0 Å². The summed E-state index contributed by atoms with van der Waals surface area (Å²) in [4.78, 5) is 4.28. The molecule has 0 spiro atoms. The highest BCUT2D eigenvalue weighted by Gasteiger charge is 1.81. The van der Waals surface area contributed by atoms with E-state index in [1.165, 1.54) is 5.71 Å². The minimum Gasteiger partial charge on any atom is -0.294 e. The molecule has 0 aromatic heterocycles. The average molecular weight is 125 g/mol. The van der Waals surface area contributed by atoms with Gasteiger partial charge in [-0.25, -0.2) is 0 Å². The summed E-state index contributed by atoms with van der Waals surface area (Å²) in [6, 6.07) is 0. The second kappa shape index (κ2) is 5.54. The number of hydrogen-bond acceptors (Lipinski definition) is 1. The topological polar surface area (TPSA) is 12.4 Å². The Bertz CT molecular complexity index is 103. The molecule has 0 fully saturated rings. The van der Waals surface area contributed by atoms with Gasteiger partial charge in [0.1, 0.15) is 0 Å². The zero-order valence-electron chi connectivity index (χ0n) is 6.35. The SMILES string of the molecule is C=CCCN=C(C)CC. The van der Waals surface area contributed by atoms with Crippen molar-refractivity contribution in [3.05, 3.63) is 12.7 Å². The molecule has 0 rings (SSSR count). The maximum Gasteiger partial charge on any atom is 0.0422 e. The highest BCUT2D eigenvalue weighted by Crippen LogP contribution is 1.87. The first-order valence-corrected chi connectivity index (χ1v) is 3.42. The van der Waals surface area contributed by atoms with E-state index in [9.17, 15) is 0 Å². The van der Waals surface area contributed by atoms with E-state index >= 15 is 0 Å². The summed E-state index contributed by atoms with van der Waals surface area (Å²) in [6.07, 6.45) is 3.96. The van der Waals surface area contributed by atoms with Gasteiger partial charge in [-0.3, -0.25) is 4.99 Å². The second-order valence-electron chi connectivity index (χ2n) is 2.05. The van der Waals surface area contributed by atoms with Gasteiger partial charge >= 0.3 is 0 Å². The molecule has 0 saturated carbocycles. The highest BCUT2D eigenvalue weighted by atomic mass is 14.7. The van der Waals surface area contributed by atoms with Gasteiger partial charge in [0.2, 0.25) is 0 Å². The van der Waals surface area contributed by atoms with E-state index in [2.05, 4.69) is 25.4 Å². The van der Waals surface area contributed by atoms with Gasteiger partial charge in [-0.15, -0.1) is 6.58 Å². The van der Waals surface area contributed by atoms with Gasteiger partial charge in [0.15, 0.2) is 0 Å². The second-order valence-corrected chi connectivity index (χ2v) is 2.05. The van der Waals surface area contributed by atoms with Gasteiger partial charge in [0.25, 0.3) is 0 Å². The molecule has 0 aliphatic rings. The summed E-state index contributed by atoms with van der Waals surface area (Å²) in [6.45, 7) is 8.70. The monoisotopic (exact) mass is 125 g/mol. The number of aliphatic imine (C=N–C) groups is 1. The van der Waals surface area contributed by atoms with Crippen LogP contribution in [0.1, 0.15) is 26.7 Å². The molecule has 0 aliphatic carbocycles. The Morgan fingerprint density at radius 1 is 1.67 bits per heavy atom. The molecule has 0 unspecified atom stereocenters.